The van der Waals surface area contributed by atoms with Crippen LogP contribution in [0.2, 0.25) is 0 Å². The number of nitrogens with one attached hydrogen (secondary N) is 2. The van der Waals surface area contributed by atoms with Crippen molar-refractivity contribution in [2.24, 2.45) is 10.3 Å². The van der Waals surface area contributed by atoms with Crippen LogP contribution in [0.5, 0.6) is 0 Å². The second-order valence-corrected chi connectivity index (χ2v) is 8.34. The first-order valence-corrected chi connectivity index (χ1v) is 10.3. The molecule has 0 bridgehead atoms. The summed E-state index contributed by atoms with van der Waals surface area (Å²) in [5.74, 6) is 0.282. The number of benzene rings is 1. The number of ether oxygens (including phenoxy) is 1. The highest BCUT2D eigenvalue weighted by Crippen LogP contribution is 2.28. The lowest BCUT2D eigenvalue weighted by Crippen LogP contribution is -2.29. The normalized spacial score (nSPS) is 16.4. The Morgan fingerprint density at radius 3 is 2.73 bits per heavy atom. The Balaban J connectivity index is 1.80. The van der Waals surface area contributed by atoms with Gasteiger partial charge in [0.15, 0.2) is 0 Å². The quantitative estimate of drug-likeness (QED) is 0.641. The van der Waals surface area contributed by atoms with Gasteiger partial charge in [-0.05, 0) is 38.3 Å². The van der Waals surface area contributed by atoms with Crippen molar-refractivity contribution in [1.82, 2.24) is 5.32 Å². The molecule has 7 nitrogen and oxygen atoms in total. The molecule has 0 fully saturated rings. The number of hydrogen-bond acceptors (Lipinski definition) is 5. The van der Waals surface area contributed by atoms with Gasteiger partial charge in [-0.25, -0.2) is 0 Å². The predicted octanol–water partition coefficient (Wildman–Crippen LogP) is 2.55. The van der Waals surface area contributed by atoms with Crippen LogP contribution in [-0.4, -0.2) is 39.4 Å². The van der Waals surface area contributed by atoms with Crippen molar-refractivity contribution < 1.29 is 17.9 Å². The number of carbonyl (C=O) groups is 1. The first-order valence-electron chi connectivity index (χ1n) is 8.86. The molecule has 0 spiro atoms. The molecule has 0 aromatic heterocycles. The zero-order valence-electron chi connectivity index (χ0n) is 15.5. The van der Waals surface area contributed by atoms with E-state index >= 15 is 0 Å². The van der Waals surface area contributed by atoms with Gasteiger partial charge in [-0.3, -0.25) is 4.79 Å². The van der Waals surface area contributed by atoms with Gasteiger partial charge in [-0.1, -0.05) is 19.1 Å². The number of anilines is 1. The molecule has 0 saturated heterocycles. The van der Waals surface area contributed by atoms with Crippen LogP contribution < -0.4 is 10.6 Å². The first kappa shape index (κ1) is 20.4. The fourth-order valence-corrected chi connectivity index (χ4v) is 3.82. The molecular weight excluding hydrogens is 354 g/mol. The molecule has 1 aliphatic rings. The number of nitrogens with zero attached hydrogens (tertiary/aromatic N) is 1. The highest BCUT2D eigenvalue weighted by Gasteiger charge is 2.25. The Hall–Kier alpha value is -1.93. The van der Waals surface area contributed by atoms with E-state index in [1.165, 1.54) is 6.07 Å². The molecule has 0 saturated carbocycles. The Morgan fingerprint density at radius 1 is 1.27 bits per heavy atom. The minimum absolute atomic E-state index is 0.0337. The molecule has 144 valence electrons. The monoisotopic (exact) mass is 381 g/mol. The van der Waals surface area contributed by atoms with E-state index in [0.717, 1.165) is 6.42 Å². The number of fused-ring (bicyclic) bond motifs is 1. The molecule has 26 heavy (non-hydrogen) atoms. The van der Waals surface area contributed by atoms with Crippen LogP contribution in [0.1, 0.15) is 40.0 Å². The summed E-state index contributed by atoms with van der Waals surface area (Å²) < 4.78 is 33.7. The van der Waals surface area contributed by atoms with Crippen molar-refractivity contribution in [3.8, 4) is 0 Å². The summed E-state index contributed by atoms with van der Waals surface area (Å²) in [6.07, 6.45) is 1.66. The van der Waals surface area contributed by atoms with Crippen molar-refractivity contribution in [1.29, 1.82) is 0 Å². The van der Waals surface area contributed by atoms with E-state index in [1.54, 1.807) is 18.2 Å². The highest BCUT2D eigenvalue weighted by atomic mass is 32.2. The second-order valence-electron chi connectivity index (χ2n) is 6.77. The van der Waals surface area contributed by atoms with E-state index in [2.05, 4.69) is 15.0 Å². The number of rotatable bonds is 9. The average molecular weight is 381 g/mol. The van der Waals surface area contributed by atoms with Crippen LogP contribution in [0.4, 0.5) is 5.69 Å². The fraction of sp³-hybridized carbons (Fsp3) is 0.556. The Kier molecular flexibility index (Phi) is 7.16. The molecule has 0 radical (unpaired) electrons. The zero-order chi connectivity index (χ0) is 19.2. The van der Waals surface area contributed by atoms with E-state index in [9.17, 15) is 13.2 Å². The maximum absolute atomic E-state index is 12.2. The van der Waals surface area contributed by atoms with Crippen LogP contribution in [0.15, 0.2) is 33.6 Å². The minimum atomic E-state index is -3.68. The van der Waals surface area contributed by atoms with Gasteiger partial charge in [-0.15, -0.1) is 4.40 Å². The van der Waals surface area contributed by atoms with E-state index in [-0.39, 0.29) is 22.8 Å². The lowest BCUT2D eigenvalue weighted by atomic mass is 10.0. The number of sulfonamides is 1. The number of amides is 1. The molecule has 1 heterocycles. The van der Waals surface area contributed by atoms with Gasteiger partial charge in [0.2, 0.25) is 5.91 Å². The van der Waals surface area contributed by atoms with Gasteiger partial charge in [0.05, 0.1) is 11.8 Å². The fourth-order valence-electron chi connectivity index (χ4n) is 2.67. The Morgan fingerprint density at radius 2 is 2.00 bits per heavy atom. The first-order chi connectivity index (χ1) is 12.3. The lowest BCUT2D eigenvalue weighted by molar-refractivity contribution is -0.121. The van der Waals surface area contributed by atoms with Crippen LogP contribution >= 0.6 is 0 Å². The third-order valence-electron chi connectivity index (χ3n) is 3.84. The average Bonchev–Trinajstić information content (AvgIpc) is 2.53. The largest absolute Gasteiger partial charge is 0.379 e. The second kappa shape index (κ2) is 9.14. The summed E-state index contributed by atoms with van der Waals surface area (Å²) in [5, 5.41) is 5.91. The van der Waals surface area contributed by atoms with Gasteiger partial charge in [-0.2, -0.15) is 8.42 Å². The molecule has 1 aromatic carbocycles. The molecule has 1 aromatic rings. The summed E-state index contributed by atoms with van der Waals surface area (Å²) in [4.78, 5) is 12.2. The van der Waals surface area contributed by atoms with Crippen molar-refractivity contribution >= 4 is 27.5 Å². The summed E-state index contributed by atoms with van der Waals surface area (Å²) in [5.41, 5.74) is 0.527. The Labute approximate surface area is 155 Å². The SMILES string of the molecule is CC(C)OCCCNC(=O)C[C@@H](C)CC1=NS(=O)(=O)c2ccccc2N1. The smallest absolute Gasteiger partial charge is 0.286 e. The van der Waals surface area contributed by atoms with Gasteiger partial charge in [0.1, 0.15) is 10.7 Å². The standard InChI is InChI=1S/C18H27N3O4S/c1-13(2)25-10-6-9-19-18(22)12-14(3)11-17-20-15-7-4-5-8-16(15)26(23,24)21-17/h4-5,7-8,13-14H,6,9-12H2,1-3H3,(H,19,22)(H,20,21)/t14-/m0/s1. The lowest BCUT2D eigenvalue weighted by Gasteiger charge is -2.20. The molecule has 1 amide bonds. The predicted molar refractivity (Wildman–Crippen MR) is 102 cm³/mol. The van der Waals surface area contributed by atoms with Crippen molar-refractivity contribution in [2.75, 3.05) is 18.5 Å². The highest BCUT2D eigenvalue weighted by molar-refractivity contribution is 7.90. The molecule has 8 heteroatoms. The van der Waals surface area contributed by atoms with Crippen molar-refractivity contribution in [3.63, 3.8) is 0 Å². The van der Waals surface area contributed by atoms with E-state index in [4.69, 9.17) is 4.74 Å². The number of amidine groups is 1. The van der Waals surface area contributed by atoms with Gasteiger partial charge in [0, 0.05) is 26.0 Å². The molecule has 0 aliphatic carbocycles. The molecular formula is C18H27N3O4S. The molecule has 1 aliphatic heterocycles. The maximum Gasteiger partial charge on any atom is 0.286 e. The van der Waals surface area contributed by atoms with Gasteiger partial charge in [0.25, 0.3) is 10.0 Å². The zero-order valence-corrected chi connectivity index (χ0v) is 16.3. The number of hydrogen-bond donors (Lipinski definition) is 2. The summed E-state index contributed by atoms with van der Waals surface area (Å²) in [7, 11) is -3.68. The molecule has 0 unspecified atom stereocenters. The molecule has 2 N–H and O–H groups in total. The molecule has 1 atom stereocenters. The van der Waals surface area contributed by atoms with Crippen LogP contribution in [0.3, 0.4) is 0 Å². The summed E-state index contributed by atoms with van der Waals surface area (Å²) >= 11 is 0. The van der Waals surface area contributed by atoms with Crippen molar-refractivity contribution in [3.05, 3.63) is 24.3 Å². The minimum Gasteiger partial charge on any atom is -0.379 e. The number of para-hydroxylation sites is 1. The van der Waals surface area contributed by atoms with Crippen LogP contribution in [-0.2, 0) is 19.6 Å². The molecule has 2 rings (SSSR count). The maximum atomic E-state index is 12.2. The van der Waals surface area contributed by atoms with Crippen molar-refractivity contribution in [2.45, 2.75) is 51.0 Å². The topological polar surface area (TPSA) is 96.9 Å². The van der Waals surface area contributed by atoms with Crippen LogP contribution in [0, 0.1) is 5.92 Å². The van der Waals surface area contributed by atoms with E-state index in [0.29, 0.717) is 37.5 Å². The third kappa shape index (κ3) is 6.10. The van der Waals surface area contributed by atoms with Gasteiger partial charge < -0.3 is 15.4 Å². The van der Waals surface area contributed by atoms with E-state index < -0.39 is 10.0 Å². The summed E-state index contributed by atoms with van der Waals surface area (Å²) in [6, 6.07) is 6.66. The Bertz CT molecular complexity index is 759. The third-order valence-corrected chi connectivity index (χ3v) is 5.22. The number of carbonyl (C=O) groups excluding carboxylic acids is 1. The van der Waals surface area contributed by atoms with Gasteiger partial charge >= 0.3 is 0 Å². The van der Waals surface area contributed by atoms with E-state index in [1.807, 2.05) is 20.8 Å². The van der Waals surface area contributed by atoms with Crippen LogP contribution in [0.25, 0.3) is 0 Å². The summed E-state index contributed by atoms with van der Waals surface area (Å²) in [6.45, 7) is 7.03.